The van der Waals surface area contributed by atoms with Crippen LogP contribution in [0.4, 0.5) is 0 Å². The number of unbranched alkanes of at least 4 members (excludes halogenated alkanes) is 3. The molecule has 0 aromatic heterocycles. The van der Waals surface area contributed by atoms with Gasteiger partial charge in [-0.15, -0.1) is 0 Å². The quantitative estimate of drug-likeness (QED) is 0.394. The number of benzene rings is 1. The molecule has 1 aromatic rings. The summed E-state index contributed by atoms with van der Waals surface area (Å²) in [6.45, 7) is 2.24. The number of rotatable bonds is 9. The SMILES string of the molecule is CCOC(=O)CCCCCCC(=O)Oc1ccccc1. The van der Waals surface area contributed by atoms with Crippen molar-refractivity contribution in [3.05, 3.63) is 30.3 Å². The standard InChI is InChI=1S/C16H22O4/c1-2-19-15(17)12-8-3-4-9-13-16(18)20-14-10-6-5-7-11-14/h5-7,10-11H,2-4,8-9,12-13H2,1H3. The van der Waals surface area contributed by atoms with Crippen molar-refractivity contribution in [2.24, 2.45) is 0 Å². The summed E-state index contributed by atoms with van der Waals surface area (Å²) in [6, 6.07) is 9.06. The minimum Gasteiger partial charge on any atom is -0.466 e. The van der Waals surface area contributed by atoms with E-state index < -0.39 is 0 Å². The minimum absolute atomic E-state index is 0.143. The summed E-state index contributed by atoms with van der Waals surface area (Å²) in [5.41, 5.74) is 0. The Bertz CT molecular complexity index is 400. The predicted molar refractivity (Wildman–Crippen MR) is 76.4 cm³/mol. The monoisotopic (exact) mass is 278 g/mol. The average Bonchev–Trinajstić information content (AvgIpc) is 2.44. The van der Waals surface area contributed by atoms with E-state index in [1.165, 1.54) is 0 Å². The van der Waals surface area contributed by atoms with E-state index in [4.69, 9.17) is 9.47 Å². The van der Waals surface area contributed by atoms with E-state index in [0.717, 1.165) is 25.7 Å². The number of carbonyl (C=O) groups excluding carboxylic acids is 2. The van der Waals surface area contributed by atoms with Crippen LogP contribution >= 0.6 is 0 Å². The third-order valence-electron chi connectivity index (χ3n) is 2.79. The van der Waals surface area contributed by atoms with Crippen molar-refractivity contribution in [3.8, 4) is 5.75 Å². The van der Waals surface area contributed by atoms with Crippen molar-refractivity contribution in [2.75, 3.05) is 6.61 Å². The summed E-state index contributed by atoms with van der Waals surface area (Å²) in [5.74, 6) is 0.234. The molecule has 0 amide bonds. The van der Waals surface area contributed by atoms with E-state index in [2.05, 4.69) is 0 Å². The molecule has 0 fully saturated rings. The van der Waals surface area contributed by atoms with Gasteiger partial charge in [-0.25, -0.2) is 0 Å². The van der Waals surface area contributed by atoms with Gasteiger partial charge in [-0.1, -0.05) is 31.0 Å². The van der Waals surface area contributed by atoms with Crippen LogP contribution in [0.1, 0.15) is 45.4 Å². The second kappa shape index (κ2) is 10.0. The highest BCUT2D eigenvalue weighted by molar-refractivity contribution is 5.72. The molecule has 0 N–H and O–H groups in total. The molecule has 20 heavy (non-hydrogen) atoms. The van der Waals surface area contributed by atoms with Crippen LogP contribution in [-0.4, -0.2) is 18.5 Å². The van der Waals surface area contributed by atoms with E-state index in [-0.39, 0.29) is 11.9 Å². The molecule has 4 nitrogen and oxygen atoms in total. The van der Waals surface area contributed by atoms with Crippen molar-refractivity contribution in [3.63, 3.8) is 0 Å². The second-order valence-electron chi connectivity index (χ2n) is 4.51. The molecule has 0 saturated carbocycles. The largest absolute Gasteiger partial charge is 0.466 e. The Kier molecular flexibility index (Phi) is 8.11. The molecule has 0 aliphatic heterocycles. The molecular weight excluding hydrogens is 256 g/mol. The Morgan fingerprint density at radius 1 is 0.900 bits per heavy atom. The van der Waals surface area contributed by atoms with Gasteiger partial charge in [-0.05, 0) is 31.9 Å². The van der Waals surface area contributed by atoms with Gasteiger partial charge in [0.1, 0.15) is 5.75 Å². The number of para-hydroxylation sites is 1. The molecule has 4 heteroatoms. The molecule has 0 aliphatic carbocycles. The van der Waals surface area contributed by atoms with Gasteiger partial charge in [0, 0.05) is 12.8 Å². The summed E-state index contributed by atoms with van der Waals surface area (Å²) < 4.78 is 10.0. The van der Waals surface area contributed by atoms with Gasteiger partial charge < -0.3 is 9.47 Å². The lowest BCUT2D eigenvalue weighted by Gasteiger charge is -2.04. The molecule has 0 radical (unpaired) electrons. The molecule has 1 rings (SSSR count). The summed E-state index contributed by atoms with van der Waals surface area (Å²) in [4.78, 5) is 22.6. The molecule has 0 heterocycles. The maximum Gasteiger partial charge on any atom is 0.311 e. The molecule has 0 atom stereocenters. The van der Waals surface area contributed by atoms with Crippen molar-refractivity contribution in [1.82, 2.24) is 0 Å². The molecule has 0 unspecified atom stereocenters. The van der Waals surface area contributed by atoms with E-state index in [1.54, 1.807) is 19.1 Å². The third-order valence-corrected chi connectivity index (χ3v) is 2.79. The minimum atomic E-state index is -0.207. The highest BCUT2D eigenvalue weighted by Crippen LogP contribution is 2.11. The van der Waals surface area contributed by atoms with Crippen LogP contribution in [0.15, 0.2) is 30.3 Å². The summed E-state index contributed by atoms with van der Waals surface area (Å²) in [7, 11) is 0. The van der Waals surface area contributed by atoms with Gasteiger partial charge in [0.2, 0.25) is 0 Å². The van der Waals surface area contributed by atoms with Gasteiger partial charge in [0.05, 0.1) is 6.61 Å². The smallest absolute Gasteiger partial charge is 0.311 e. The van der Waals surface area contributed by atoms with Gasteiger partial charge in [-0.2, -0.15) is 0 Å². The highest BCUT2D eigenvalue weighted by Gasteiger charge is 2.05. The van der Waals surface area contributed by atoms with Crippen molar-refractivity contribution in [1.29, 1.82) is 0 Å². The van der Waals surface area contributed by atoms with Crippen molar-refractivity contribution in [2.45, 2.75) is 45.4 Å². The van der Waals surface area contributed by atoms with E-state index >= 15 is 0 Å². The third kappa shape index (κ3) is 7.56. The van der Waals surface area contributed by atoms with Gasteiger partial charge in [0.15, 0.2) is 0 Å². The van der Waals surface area contributed by atoms with E-state index in [1.807, 2.05) is 18.2 Å². The van der Waals surface area contributed by atoms with Crippen LogP contribution < -0.4 is 4.74 Å². The van der Waals surface area contributed by atoms with E-state index in [0.29, 0.717) is 25.2 Å². The lowest BCUT2D eigenvalue weighted by molar-refractivity contribution is -0.143. The Hall–Kier alpha value is -1.84. The van der Waals surface area contributed by atoms with Gasteiger partial charge in [0.25, 0.3) is 0 Å². The first-order valence-electron chi connectivity index (χ1n) is 7.13. The highest BCUT2D eigenvalue weighted by atomic mass is 16.5. The Labute approximate surface area is 120 Å². The number of esters is 2. The number of ether oxygens (including phenoxy) is 2. The normalized spacial score (nSPS) is 10.1. The fraction of sp³-hybridized carbons (Fsp3) is 0.500. The fourth-order valence-corrected chi connectivity index (χ4v) is 1.80. The Morgan fingerprint density at radius 2 is 1.50 bits per heavy atom. The average molecular weight is 278 g/mol. The topological polar surface area (TPSA) is 52.6 Å². The zero-order chi connectivity index (χ0) is 14.6. The lowest BCUT2D eigenvalue weighted by Crippen LogP contribution is -2.07. The van der Waals surface area contributed by atoms with Gasteiger partial charge in [-0.3, -0.25) is 9.59 Å². The lowest BCUT2D eigenvalue weighted by atomic mass is 10.1. The molecule has 0 bridgehead atoms. The number of carbonyl (C=O) groups is 2. The molecule has 0 aliphatic rings. The Morgan fingerprint density at radius 3 is 2.10 bits per heavy atom. The van der Waals surface area contributed by atoms with Crippen LogP contribution in [0, 0.1) is 0 Å². The second-order valence-corrected chi connectivity index (χ2v) is 4.51. The Balaban J connectivity index is 2.01. The van der Waals surface area contributed by atoms with Crippen LogP contribution in [0.3, 0.4) is 0 Å². The number of hydrogen-bond donors (Lipinski definition) is 0. The number of hydrogen-bond acceptors (Lipinski definition) is 4. The van der Waals surface area contributed by atoms with Crippen LogP contribution in [0.25, 0.3) is 0 Å². The summed E-state index contributed by atoms with van der Waals surface area (Å²) in [6.07, 6.45) is 4.32. The predicted octanol–water partition coefficient (Wildman–Crippen LogP) is 3.50. The van der Waals surface area contributed by atoms with Crippen LogP contribution in [0.5, 0.6) is 5.75 Å². The maximum atomic E-state index is 11.5. The van der Waals surface area contributed by atoms with Gasteiger partial charge >= 0.3 is 11.9 Å². The first-order chi connectivity index (χ1) is 9.72. The van der Waals surface area contributed by atoms with Crippen LogP contribution in [-0.2, 0) is 14.3 Å². The summed E-state index contributed by atoms with van der Waals surface area (Å²) in [5, 5.41) is 0. The maximum absolute atomic E-state index is 11.5. The molecule has 1 aromatic carbocycles. The first kappa shape index (κ1) is 16.2. The zero-order valence-electron chi connectivity index (χ0n) is 12.0. The van der Waals surface area contributed by atoms with Crippen molar-refractivity contribution < 1.29 is 19.1 Å². The molecule has 110 valence electrons. The molecular formula is C16H22O4. The molecule has 0 spiro atoms. The van der Waals surface area contributed by atoms with E-state index in [9.17, 15) is 9.59 Å². The zero-order valence-corrected chi connectivity index (χ0v) is 12.0. The summed E-state index contributed by atoms with van der Waals surface area (Å²) >= 11 is 0. The van der Waals surface area contributed by atoms with Crippen LogP contribution in [0.2, 0.25) is 0 Å². The first-order valence-corrected chi connectivity index (χ1v) is 7.13. The molecule has 0 saturated heterocycles. The van der Waals surface area contributed by atoms with Crippen molar-refractivity contribution >= 4 is 11.9 Å². The fourth-order valence-electron chi connectivity index (χ4n) is 1.80.